The van der Waals surface area contributed by atoms with E-state index >= 15 is 0 Å². The van der Waals surface area contributed by atoms with E-state index in [2.05, 4.69) is 28.7 Å². The van der Waals surface area contributed by atoms with Crippen LogP contribution in [0, 0.1) is 9.49 Å². The first-order valence-electron chi connectivity index (χ1n) is 5.31. The first kappa shape index (κ1) is 11.2. The van der Waals surface area contributed by atoms with Gasteiger partial charge in [-0.15, -0.1) is 0 Å². The molecule has 1 aliphatic heterocycles. The van der Waals surface area contributed by atoms with E-state index in [1.165, 1.54) is 3.57 Å². The highest BCUT2D eigenvalue weighted by molar-refractivity contribution is 14.1. The molecule has 0 amide bonds. The summed E-state index contributed by atoms with van der Waals surface area (Å²) in [6.45, 7) is 2.60. The highest BCUT2D eigenvalue weighted by atomic mass is 127. The molecule has 1 saturated heterocycles. The molecule has 15 heavy (non-hydrogen) atoms. The van der Waals surface area contributed by atoms with Gasteiger partial charge >= 0.3 is 0 Å². The highest BCUT2D eigenvalue weighted by Crippen LogP contribution is 2.22. The molecule has 0 saturated carbocycles. The minimum Gasteiger partial charge on any atom is -0.492 e. The van der Waals surface area contributed by atoms with Gasteiger partial charge in [-0.25, -0.2) is 0 Å². The predicted molar refractivity (Wildman–Crippen MR) is 68.2 cm³/mol. The first-order valence-corrected chi connectivity index (χ1v) is 6.39. The molecule has 0 atom stereocenters. The van der Waals surface area contributed by atoms with Crippen LogP contribution in [0.15, 0.2) is 24.3 Å². The molecule has 1 aromatic rings. The van der Waals surface area contributed by atoms with Gasteiger partial charge in [-0.1, -0.05) is 12.1 Å². The summed E-state index contributed by atoms with van der Waals surface area (Å²) in [5.74, 6) is 1.67. The number of para-hydroxylation sites is 1. The van der Waals surface area contributed by atoms with E-state index in [1.54, 1.807) is 0 Å². The SMILES string of the molecule is Ic1ccccc1OCC1CCOCC1. The van der Waals surface area contributed by atoms with Crippen LogP contribution >= 0.6 is 22.6 Å². The van der Waals surface area contributed by atoms with Gasteiger partial charge in [0, 0.05) is 13.2 Å². The minimum absolute atomic E-state index is 0.662. The Morgan fingerprint density at radius 3 is 2.73 bits per heavy atom. The van der Waals surface area contributed by atoms with Crippen molar-refractivity contribution < 1.29 is 9.47 Å². The quantitative estimate of drug-likeness (QED) is 0.798. The largest absolute Gasteiger partial charge is 0.492 e. The van der Waals surface area contributed by atoms with Crippen LogP contribution in [0.1, 0.15) is 12.8 Å². The Morgan fingerprint density at radius 2 is 2.00 bits per heavy atom. The van der Waals surface area contributed by atoms with Gasteiger partial charge in [0.1, 0.15) is 5.75 Å². The van der Waals surface area contributed by atoms with Crippen molar-refractivity contribution in [1.29, 1.82) is 0 Å². The normalized spacial score (nSPS) is 17.7. The van der Waals surface area contributed by atoms with E-state index in [0.29, 0.717) is 5.92 Å². The summed E-state index contributed by atoms with van der Waals surface area (Å²) in [6.07, 6.45) is 2.26. The summed E-state index contributed by atoms with van der Waals surface area (Å²) in [5.41, 5.74) is 0. The van der Waals surface area contributed by atoms with Crippen LogP contribution in [-0.2, 0) is 4.74 Å². The second-order valence-corrected chi connectivity index (χ2v) is 4.96. The van der Waals surface area contributed by atoms with Gasteiger partial charge in [0.05, 0.1) is 10.2 Å². The minimum atomic E-state index is 0.662. The number of hydrogen-bond acceptors (Lipinski definition) is 2. The van der Waals surface area contributed by atoms with E-state index in [1.807, 2.05) is 18.2 Å². The Hall–Kier alpha value is -0.290. The van der Waals surface area contributed by atoms with Crippen LogP contribution in [0.5, 0.6) is 5.75 Å². The van der Waals surface area contributed by atoms with E-state index in [4.69, 9.17) is 9.47 Å². The summed E-state index contributed by atoms with van der Waals surface area (Å²) in [6, 6.07) is 8.14. The molecule has 0 bridgehead atoms. The molecule has 0 radical (unpaired) electrons. The van der Waals surface area contributed by atoms with Crippen molar-refractivity contribution in [2.75, 3.05) is 19.8 Å². The molecule has 0 N–H and O–H groups in total. The third kappa shape index (κ3) is 3.34. The van der Waals surface area contributed by atoms with Gasteiger partial charge in [-0.3, -0.25) is 0 Å². The molecular weight excluding hydrogens is 303 g/mol. The van der Waals surface area contributed by atoms with Crippen molar-refractivity contribution in [3.63, 3.8) is 0 Å². The maximum atomic E-state index is 5.81. The van der Waals surface area contributed by atoms with Crippen LogP contribution in [0.2, 0.25) is 0 Å². The van der Waals surface area contributed by atoms with Crippen LogP contribution in [0.4, 0.5) is 0 Å². The fraction of sp³-hybridized carbons (Fsp3) is 0.500. The third-order valence-corrected chi connectivity index (χ3v) is 3.54. The highest BCUT2D eigenvalue weighted by Gasteiger charge is 2.14. The molecule has 0 unspecified atom stereocenters. The Bertz CT molecular complexity index is 308. The molecule has 0 aliphatic carbocycles. The maximum Gasteiger partial charge on any atom is 0.132 e. The number of rotatable bonds is 3. The van der Waals surface area contributed by atoms with Gasteiger partial charge < -0.3 is 9.47 Å². The zero-order valence-electron chi connectivity index (χ0n) is 8.62. The van der Waals surface area contributed by atoms with Crippen LogP contribution in [-0.4, -0.2) is 19.8 Å². The zero-order valence-corrected chi connectivity index (χ0v) is 10.8. The number of hydrogen-bond donors (Lipinski definition) is 0. The van der Waals surface area contributed by atoms with E-state index in [0.717, 1.165) is 38.4 Å². The predicted octanol–water partition coefficient (Wildman–Crippen LogP) is 3.10. The van der Waals surface area contributed by atoms with Gasteiger partial charge in [-0.2, -0.15) is 0 Å². The van der Waals surface area contributed by atoms with Crippen molar-refractivity contribution in [1.82, 2.24) is 0 Å². The van der Waals surface area contributed by atoms with Crippen molar-refractivity contribution in [3.8, 4) is 5.75 Å². The fourth-order valence-corrected chi connectivity index (χ4v) is 2.23. The van der Waals surface area contributed by atoms with Gasteiger partial charge in [0.15, 0.2) is 0 Å². The molecule has 0 spiro atoms. The first-order chi connectivity index (χ1) is 7.36. The Labute approximate surface area is 104 Å². The Kier molecular flexibility index (Phi) is 4.26. The lowest BCUT2D eigenvalue weighted by atomic mass is 10.0. The second kappa shape index (κ2) is 5.70. The van der Waals surface area contributed by atoms with Crippen molar-refractivity contribution in [3.05, 3.63) is 27.8 Å². The summed E-state index contributed by atoms with van der Waals surface area (Å²) in [4.78, 5) is 0. The molecule has 2 rings (SSSR count). The molecule has 1 fully saturated rings. The smallest absolute Gasteiger partial charge is 0.132 e. The average Bonchev–Trinajstić information content (AvgIpc) is 2.29. The molecule has 3 heteroatoms. The lowest BCUT2D eigenvalue weighted by Crippen LogP contribution is -2.21. The van der Waals surface area contributed by atoms with Crippen LogP contribution in [0.3, 0.4) is 0 Å². The van der Waals surface area contributed by atoms with Crippen molar-refractivity contribution >= 4 is 22.6 Å². The second-order valence-electron chi connectivity index (χ2n) is 3.80. The van der Waals surface area contributed by atoms with Crippen molar-refractivity contribution in [2.24, 2.45) is 5.92 Å². The van der Waals surface area contributed by atoms with E-state index in [-0.39, 0.29) is 0 Å². The summed E-state index contributed by atoms with van der Waals surface area (Å²) in [7, 11) is 0. The molecule has 2 nitrogen and oxygen atoms in total. The average molecular weight is 318 g/mol. The zero-order chi connectivity index (χ0) is 10.5. The van der Waals surface area contributed by atoms with Gasteiger partial charge in [0.2, 0.25) is 0 Å². The monoisotopic (exact) mass is 318 g/mol. The maximum absolute atomic E-state index is 5.81. The van der Waals surface area contributed by atoms with Crippen LogP contribution in [0.25, 0.3) is 0 Å². The lowest BCUT2D eigenvalue weighted by Gasteiger charge is -2.22. The fourth-order valence-electron chi connectivity index (χ4n) is 1.68. The molecule has 1 aromatic carbocycles. The van der Waals surface area contributed by atoms with Crippen molar-refractivity contribution in [2.45, 2.75) is 12.8 Å². The Morgan fingerprint density at radius 1 is 1.27 bits per heavy atom. The summed E-state index contributed by atoms with van der Waals surface area (Å²) < 4.78 is 12.3. The molecular formula is C12H15IO2. The Balaban J connectivity index is 1.84. The van der Waals surface area contributed by atoms with Gasteiger partial charge in [0.25, 0.3) is 0 Å². The molecule has 82 valence electrons. The summed E-state index contributed by atoms with van der Waals surface area (Å²) >= 11 is 2.30. The number of halogens is 1. The molecule has 1 heterocycles. The van der Waals surface area contributed by atoms with Gasteiger partial charge in [-0.05, 0) is 53.5 Å². The number of benzene rings is 1. The molecule has 1 aliphatic rings. The topological polar surface area (TPSA) is 18.5 Å². The van der Waals surface area contributed by atoms with E-state index < -0.39 is 0 Å². The van der Waals surface area contributed by atoms with Crippen LogP contribution < -0.4 is 4.74 Å². The molecule has 0 aromatic heterocycles. The standard InChI is InChI=1S/C12H15IO2/c13-11-3-1-2-4-12(11)15-9-10-5-7-14-8-6-10/h1-4,10H,5-9H2. The summed E-state index contributed by atoms with van der Waals surface area (Å²) in [5, 5.41) is 0. The third-order valence-electron chi connectivity index (χ3n) is 2.65. The lowest BCUT2D eigenvalue weighted by molar-refractivity contribution is 0.0496. The van der Waals surface area contributed by atoms with E-state index in [9.17, 15) is 0 Å². The number of ether oxygens (including phenoxy) is 2.